The molecule has 1 saturated carbocycles. The van der Waals surface area contributed by atoms with E-state index < -0.39 is 30.0 Å². The van der Waals surface area contributed by atoms with Gasteiger partial charge in [0.05, 0.1) is 0 Å². The van der Waals surface area contributed by atoms with E-state index in [0.717, 1.165) is 6.42 Å². The standard InChI is InChI=1S/C18H23NO6/c1-19(14(18(24)25)9-10-16(21)22)13-7-3-2-5-11(13)12-6-4-8-15(20)17(12)23/h2-3,5,7,12,14-15,20H,4,6,8-10H2,1H3,(H,21,22)(H,24,25)/t12?,14-,15+/m0/s1. The minimum atomic E-state index is -1.12. The molecule has 2 rings (SSSR count). The molecule has 1 aromatic rings. The number of carboxylic acids is 2. The zero-order valence-electron chi connectivity index (χ0n) is 14.1. The van der Waals surface area contributed by atoms with Crippen molar-refractivity contribution >= 4 is 23.4 Å². The average molecular weight is 349 g/mol. The van der Waals surface area contributed by atoms with Crippen LogP contribution >= 0.6 is 0 Å². The number of aliphatic hydroxyl groups is 1. The number of ketones is 1. The van der Waals surface area contributed by atoms with Crippen molar-refractivity contribution in [1.29, 1.82) is 0 Å². The molecular formula is C18H23NO6. The van der Waals surface area contributed by atoms with Crippen LogP contribution in [0.4, 0.5) is 5.69 Å². The predicted molar refractivity (Wildman–Crippen MR) is 90.7 cm³/mol. The number of para-hydroxylation sites is 1. The van der Waals surface area contributed by atoms with Gasteiger partial charge in [0.1, 0.15) is 12.1 Å². The van der Waals surface area contributed by atoms with Crippen molar-refractivity contribution in [3.63, 3.8) is 0 Å². The van der Waals surface area contributed by atoms with E-state index in [4.69, 9.17) is 5.11 Å². The lowest BCUT2D eigenvalue weighted by atomic mass is 9.80. The van der Waals surface area contributed by atoms with Crippen LogP contribution in [0.1, 0.15) is 43.6 Å². The fraction of sp³-hybridized carbons (Fsp3) is 0.500. The Kier molecular flexibility index (Phi) is 6.14. The number of nitrogens with zero attached hydrogens (tertiary/aromatic N) is 1. The predicted octanol–water partition coefficient (Wildman–Crippen LogP) is 1.64. The van der Waals surface area contributed by atoms with Gasteiger partial charge in [0.2, 0.25) is 0 Å². The number of rotatable bonds is 7. The van der Waals surface area contributed by atoms with Crippen LogP contribution in [-0.2, 0) is 14.4 Å². The highest BCUT2D eigenvalue weighted by atomic mass is 16.4. The van der Waals surface area contributed by atoms with Crippen molar-refractivity contribution in [2.75, 3.05) is 11.9 Å². The van der Waals surface area contributed by atoms with E-state index in [1.54, 1.807) is 31.3 Å². The van der Waals surface area contributed by atoms with Gasteiger partial charge in [0.25, 0.3) is 0 Å². The first-order valence-corrected chi connectivity index (χ1v) is 8.31. The molecule has 0 bridgehead atoms. The van der Waals surface area contributed by atoms with Gasteiger partial charge in [-0.05, 0) is 37.3 Å². The largest absolute Gasteiger partial charge is 0.481 e. The van der Waals surface area contributed by atoms with Crippen molar-refractivity contribution < 1.29 is 29.7 Å². The number of carbonyl (C=O) groups excluding carboxylic acids is 1. The van der Waals surface area contributed by atoms with Crippen LogP contribution in [0.15, 0.2) is 24.3 Å². The van der Waals surface area contributed by atoms with E-state index in [-0.39, 0.29) is 18.6 Å². The van der Waals surface area contributed by atoms with E-state index in [1.165, 1.54) is 4.90 Å². The van der Waals surface area contributed by atoms with Gasteiger partial charge in [-0.1, -0.05) is 18.2 Å². The Hall–Kier alpha value is -2.41. The van der Waals surface area contributed by atoms with E-state index in [2.05, 4.69) is 0 Å². The smallest absolute Gasteiger partial charge is 0.326 e. The molecule has 3 atom stereocenters. The molecule has 7 nitrogen and oxygen atoms in total. The first-order chi connectivity index (χ1) is 11.8. The molecule has 0 spiro atoms. The minimum absolute atomic E-state index is 0.0449. The number of aliphatic carboxylic acids is 2. The second-order valence-corrected chi connectivity index (χ2v) is 6.36. The molecule has 0 amide bonds. The summed E-state index contributed by atoms with van der Waals surface area (Å²) in [5, 5.41) is 28.2. The summed E-state index contributed by atoms with van der Waals surface area (Å²) in [6.45, 7) is 0. The third-order valence-electron chi connectivity index (χ3n) is 4.72. The normalized spacial score (nSPS) is 21.6. The molecule has 0 saturated heterocycles. The van der Waals surface area contributed by atoms with Crippen molar-refractivity contribution in [2.45, 2.75) is 50.2 Å². The van der Waals surface area contributed by atoms with Crippen molar-refractivity contribution in [3.05, 3.63) is 29.8 Å². The Morgan fingerprint density at radius 3 is 2.56 bits per heavy atom. The monoisotopic (exact) mass is 349 g/mol. The number of hydrogen-bond donors (Lipinski definition) is 3. The van der Waals surface area contributed by atoms with Crippen LogP contribution in [-0.4, -0.2) is 52.2 Å². The highest BCUT2D eigenvalue weighted by Crippen LogP contribution is 2.36. The average Bonchev–Trinajstić information content (AvgIpc) is 2.57. The minimum Gasteiger partial charge on any atom is -0.481 e. The first kappa shape index (κ1) is 18.9. The van der Waals surface area contributed by atoms with Crippen LogP contribution in [0.5, 0.6) is 0 Å². The van der Waals surface area contributed by atoms with Gasteiger partial charge in [-0.25, -0.2) is 4.79 Å². The van der Waals surface area contributed by atoms with Crippen LogP contribution in [0.25, 0.3) is 0 Å². The Morgan fingerprint density at radius 1 is 1.24 bits per heavy atom. The molecule has 0 heterocycles. The highest BCUT2D eigenvalue weighted by Gasteiger charge is 2.34. The fourth-order valence-corrected chi connectivity index (χ4v) is 3.36. The second kappa shape index (κ2) is 8.11. The van der Waals surface area contributed by atoms with E-state index >= 15 is 0 Å². The van der Waals surface area contributed by atoms with E-state index in [9.17, 15) is 24.6 Å². The van der Waals surface area contributed by atoms with Crippen molar-refractivity contribution in [3.8, 4) is 0 Å². The Balaban J connectivity index is 2.33. The molecule has 0 aliphatic heterocycles. The van der Waals surface area contributed by atoms with Gasteiger partial charge in [0.15, 0.2) is 5.78 Å². The molecule has 136 valence electrons. The SMILES string of the molecule is CN(c1ccccc1C1CCC[C@@H](O)C1=O)[C@@H](CCC(=O)O)C(=O)O. The van der Waals surface area contributed by atoms with Crippen LogP contribution in [0, 0.1) is 0 Å². The molecule has 25 heavy (non-hydrogen) atoms. The number of aliphatic hydroxyl groups excluding tert-OH is 1. The molecule has 1 fully saturated rings. The van der Waals surface area contributed by atoms with Crippen LogP contribution in [0.3, 0.4) is 0 Å². The molecule has 1 aliphatic carbocycles. The van der Waals surface area contributed by atoms with E-state index in [1.807, 2.05) is 0 Å². The van der Waals surface area contributed by atoms with Gasteiger partial charge in [-0.15, -0.1) is 0 Å². The van der Waals surface area contributed by atoms with Crippen LogP contribution < -0.4 is 4.90 Å². The third-order valence-corrected chi connectivity index (χ3v) is 4.72. The summed E-state index contributed by atoms with van der Waals surface area (Å²) in [5.74, 6) is -2.90. The van der Waals surface area contributed by atoms with E-state index in [0.29, 0.717) is 24.1 Å². The molecule has 1 aliphatic rings. The van der Waals surface area contributed by atoms with Gasteiger partial charge in [-0.3, -0.25) is 9.59 Å². The Bertz CT molecular complexity index is 659. The lowest BCUT2D eigenvalue weighted by molar-refractivity contribution is -0.140. The maximum Gasteiger partial charge on any atom is 0.326 e. The summed E-state index contributed by atoms with van der Waals surface area (Å²) in [4.78, 5) is 36.2. The van der Waals surface area contributed by atoms with Gasteiger partial charge >= 0.3 is 11.9 Å². The fourth-order valence-electron chi connectivity index (χ4n) is 3.36. The van der Waals surface area contributed by atoms with Crippen LogP contribution in [0.2, 0.25) is 0 Å². The van der Waals surface area contributed by atoms with Crippen molar-refractivity contribution in [2.24, 2.45) is 0 Å². The quantitative estimate of drug-likeness (QED) is 0.685. The summed E-state index contributed by atoms with van der Waals surface area (Å²) in [6, 6.07) is 5.99. The van der Waals surface area contributed by atoms with Gasteiger partial charge in [0, 0.05) is 25.1 Å². The molecule has 7 heteroatoms. The molecule has 1 aromatic carbocycles. The summed E-state index contributed by atoms with van der Waals surface area (Å²) in [5.41, 5.74) is 1.25. The zero-order valence-corrected chi connectivity index (χ0v) is 14.1. The number of likely N-dealkylation sites (N-methyl/N-ethyl adjacent to an activating group) is 1. The number of carbonyl (C=O) groups is 3. The molecule has 0 aromatic heterocycles. The zero-order chi connectivity index (χ0) is 18.6. The topological polar surface area (TPSA) is 115 Å². The lowest BCUT2D eigenvalue weighted by Gasteiger charge is -2.32. The molecule has 0 radical (unpaired) electrons. The van der Waals surface area contributed by atoms with Crippen molar-refractivity contribution in [1.82, 2.24) is 0 Å². The summed E-state index contributed by atoms with van der Waals surface area (Å²) >= 11 is 0. The third kappa shape index (κ3) is 4.36. The summed E-state index contributed by atoms with van der Waals surface area (Å²) < 4.78 is 0. The lowest BCUT2D eigenvalue weighted by Crippen LogP contribution is -2.40. The Labute approximate surface area is 145 Å². The molecule has 3 N–H and O–H groups in total. The molecular weight excluding hydrogens is 326 g/mol. The number of hydrogen-bond acceptors (Lipinski definition) is 5. The number of carboxylic acid groups (broad SMARTS) is 2. The Morgan fingerprint density at radius 2 is 1.92 bits per heavy atom. The highest BCUT2D eigenvalue weighted by molar-refractivity contribution is 5.92. The molecule has 1 unspecified atom stereocenters. The number of benzene rings is 1. The van der Waals surface area contributed by atoms with Gasteiger partial charge in [-0.2, -0.15) is 0 Å². The van der Waals surface area contributed by atoms with Gasteiger partial charge < -0.3 is 20.2 Å². The summed E-state index contributed by atoms with van der Waals surface area (Å²) in [7, 11) is 1.59. The summed E-state index contributed by atoms with van der Waals surface area (Å²) in [6.07, 6.45) is 0.481. The second-order valence-electron chi connectivity index (χ2n) is 6.36. The maximum atomic E-state index is 12.4. The number of Topliss-reactive ketones (excluding diaryl/α,β-unsaturated/α-hetero) is 1. The number of anilines is 1. The maximum absolute atomic E-state index is 12.4. The first-order valence-electron chi connectivity index (χ1n) is 8.31.